The van der Waals surface area contributed by atoms with Crippen LogP contribution in [-0.2, 0) is 14.3 Å². The van der Waals surface area contributed by atoms with Crippen molar-refractivity contribution in [2.24, 2.45) is 11.8 Å². The number of dihydropyridines is 1. The summed E-state index contributed by atoms with van der Waals surface area (Å²) in [4.78, 5) is 26.9. The van der Waals surface area contributed by atoms with Gasteiger partial charge in [0.15, 0.2) is 5.78 Å². The van der Waals surface area contributed by atoms with Crippen LogP contribution in [0.1, 0.15) is 82.6 Å². The van der Waals surface area contributed by atoms with Gasteiger partial charge in [0.2, 0.25) is 0 Å². The molecule has 0 aromatic heterocycles. The van der Waals surface area contributed by atoms with Crippen molar-refractivity contribution in [1.29, 1.82) is 0 Å². The minimum Gasteiger partial charge on any atom is -0.508 e. The van der Waals surface area contributed by atoms with Crippen LogP contribution in [0.5, 0.6) is 5.75 Å². The summed E-state index contributed by atoms with van der Waals surface area (Å²) in [6.45, 7) is 1.91. The molecule has 2 atom stereocenters. The van der Waals surface area contributed by atoms with E-state index in [1.807, 2.05) is 13.0 Å². The fourth-order valence-electron chi connectivity index (χ4n) is 6.36. The maximum Gasteiger partial charge on any atom is 0.337 e. The number of carbonyl (C=O) groups is 2. The third-order valence-corrected chi connectivity index (χ3v) is 7.93. The Morgan fingerprint density at radius 2 is 1.75 bits per heavy atom. The lowest BCUT2D eigenvalue weighted by Gasteiger charge is -2.38. The number of nitrogens with one attached hydrogen (secondary N) is 1. The molecule has 1 aromatic rings. The maximum absolute atomic E-state index is 13.5. The molecule has 2 fully saturated rings. The lowest BCUT2D eigenvalue weighted by Crippen LogP contribution is -2.38. The van der Waals surface area contributed by atoms with E-state index < -0.39 is 5.92 Å². The Bertz CT molecular complexity index is 979. The summed E-state index contributed by atoms with van der Waals surface area (Å²) in [7, 11) is 0. The molecule has 5 rings (SSSR count). The summed E-state index contributed by atoms with van der Waals surface area (Å²) < 4.78 is 5.89. The van der Waals surface area contributed by atoms with Crippen molar-refractivity contribution in [3.05, 3.63) is 52.4 Å². The Balaban J connectivity index is 1.52. The minimum atomic E-state index is -0.496. The molecule has 5 nitrogen and oxygen atoms in total. The third kappa shape index (κ3) is 3.98. The van der Waals surface area contributed by atoms with Crippen LogP contribution in [0.4, 0.5) is 0 Å². The van der Waals surface area contributed by atoms with E-state index in [9.17, 15) is 14.7 Å². The quantitative estimate of drug-likeness (QED) is 0.631. The number of phenols is 1. The fraction of sp³-hybridized carbons (Fsp3) is 0.556. The van der Waals surface area contributed by atoms with Crippen LogP contribution in [0.2, 0.25) is 0 Å². The van der Waals surface area contributed by atoms with E-state index in [4.69, 9.17) is 4.74 Å². The molecule has 0 saturated heterocycles. The first-order chi connectivity index (χ1) is 15.5. The Hall–Kier alpha value is -2.56. The smallest absolute Gasteiger partial charge is 0.337 e. The second-order valence-corrected chi connectivity index (χ2v) is 10.0. The molecule has 2 N–H and O–H groups in total. The van der Waals surface area contributed by atoms with E-state index >= 15 is 0 Å². The normalized spacial score (nSPS) is 27.0. The number of hydrogen-bond donors (Lipinski definition) is 2. The van der Waals surface area contributed by atoms with Gasteiger partial charge in [0, 0.05) is 29.3 Å². The molecule has 4 aliphatic rings. The number of ether oxygens (including phenoxy) is 1. The highest BCUT2D eigenvalue weighted by molar-refractivity contribution is 6.04. The highest BCUT2D eigenvalue weighted by Crippen LogP contribution is 2.47. The van der Waals surface area contributed by atoms with E-state index in [-0.39, 0.29) is 23.6 Å². The number of aromatic hydroxyl groups is 1. The number of Topliss-reactive ketones (excluding diaryl/α,β-unsaturated/α-hetero) is 1. The second kappa shape index (κ2) is 8.76. The first kappa shape index (κ1) is 21.3. The summed E-state index contributed by atoms with van der Waals surface area (Å²) in [5.41, 5.74) is 3.69. The number of allylic oxidation sites excluding steroid dienone is 3. The fourth-order valence-corrected chi connectivity index (χ4v) is 6.36. The lowest BCUT2D eigenvalue weighted by atomic mass is 9.70. The largest absolute Gasteiger partial charge is 0.508 e. The van der Waals surface area contributed by atoms with Crippen molar-refractivity contribution in [1.82, 2.24) is 5.32 Å². The molecule has 0 bridgehead atoms. The first-order valence-electron chi connectivity index (χ1n) is 12.2. The number of benzene rings is 1. The Morgan fingerprint density at radius 3 is 2.47 bits per heavy atom. The molecule has 3 aliphatic carbocycles. The molecular weight excluding hydrogens is 402 g/mol. The Labute approximate surface area is 189 Å². The summed E-state index contributed by atoms with van der Waals surface area (Å²) in [6, 6.07) is 6.96. The number of esters is 1. The summed E-state index contributed by atoms with van der Waals surface area (Å²) in [5.74, 6) is 0.420. The zero-order chi connectivity index (χ0) is 22.2. The van der Waals surface area contributed by atoms with Crippen LogP contribution in [0.25, 0.3) is 0 Å². The van der Waals surface area contributed by atoms with Crippen LogP contribution < -0.4 is 5.32 Å². The predicted octanol–water partition coefficient (Wildman–Crippen LogP) is 5.26. The van der Waals surface area contributed by atoms with Crippen LogP contribution in [0.15, 0.2) is 46.8 Å². The van der Waals surface area contributed by atoms with Crippen molar-refractivity contribution >= 4 is 11.8 Å². The van der Waals surface area contributed by atoms with E-state index in [2.05, 4.69) is 5.32 Å². The Morgan fingerprint density at radius 1 is 1.03 bits per heavy atom. The molecule has 2 unspecified atom stereocenters. The highest BCUT2D eigenvalue weighted by Gasteiger charge is 2.43. The molecule has 32 heavy (non-hydrogen) atoms. The molecule has 0 radical (unpaired) electrons. The molecule has 2 saturated carbocycles. The topological polar surface area (TPSA) is 75.6 Å². The van der Waals surface area contributed by atoms with Crippen LogP contribution >= 0.6 is 0 Å². The van der Waals surface area contributed by atoms with E-state index in [0.717, 1.165) is 49.1 Å². The van der Waals surface area contributed by atoms with E-state index in [1.54, 1.807) is 18.2 Å². The van der Waals surface area contributed by atoms with Gasteiger partial charge in [0.1, 0.15) is 11.9 Å². The van der Waals surface area contributed by atoms with Gasteiger partial charge in [-0.05, 0) is 68.6 Å². The standard InChI is InChI=1S/C27H33NO4/c1-16-24(27(31)32-21-11-4-5-12-21)25(18-9-6-10-20(29)13-18)26-22(28-16)14-19(15-23(26)30)17-7-2-3-8-17/h6,9-10,13,17,19,21,25,28-29H,2-5,7-8,11-12,14-15H2,1H3. The number of rotatable bonds is 4. The number of ketones is 1. The number of hydrogen-bond acceptors (Lipinski definition) is 5. The van der Waals surface area contributed by atoms with Gasteiger partial charge in [0.05, 0.1) is 5.57 Å². The van der Waals surface area contributed by atoms with E-state index in [1.165, 1.54) is 25.7 Å². The van der Waals surface area contributed by atoms with Gasteiger partial charge in [0.25, 0.3) is 0 Å². The zero-order valence-electron chi connectivity index (χ0n) is 18.9. The van der Waals surface area contributed by atoms with Gasteiger partial charge < -0.3 is 15.2 Å². The summed E-state index contributed by atoms with van der Waals surface area (Å²) in [5, 5.41) is 13.6. The lowest BCUT2D eigenvalue weighted by molar-refractivity contribution is -0.144. The maximum atomic E-state index is 13.5. The SMILES string of the molecule is CC1=C(C(=O)OC2CCCC2)C(c2cccc(O)c2)C2=C(CC(C3CCCC3)CC2=O)N1. The average molecular weight is 436 g/mol. The number of carbonyl (C=O) groups excluding carboxylic acids is 2. The molecule has 1 aromatic carbocycles. The van der Waals surface area contributed by atoms with E-state index in [0.29, 0.717) is 29.4 Å². The Kier molecular flexibility index (Phi) is 5.83. The molecule has 1 aliphatic heterocycles. The van der Waals surface area contributed by atoms with Gasteiger partial charge in [-0.1, -0.05) is 37.8 Å². The number of phenolic OH excluding ortho intramolecular Hbond substituents is 1. The van der Waals surface area contributed by atoms with Crippen LogP contribution in [-0.4, -0.2) is 23.0 Å². The van der Waals surface area contributed by atoms with Gasteiger partial charge in [-0.2, -0.15) is 0 Å². The summed E-state index contributed by atoms with van der Waals surface area (Å²) >= 11 is 0. The van der Waals surface area contributed by atoms with Crippen molar-refractivity contribution in [3.63, 3.8) is 0 Å². The van der Waals surface area contributed by atoms with Crippen LogP contribution in [0, 0.1) is 11.8 Å². The monoisotopic (exact) mass is 435 g/mol. The third-order valence-electron chi connectivity index (χ3n) is 7.93. The molecule has 5 heteroatoms. The van der Waals surface area contributed by atoms with Crippen molar-refractivity contribution in [2.45, 2.75) is 83.2 Å². The second-order valence-electron chi connectivity index (χ2n) is 10.0. The van der Waals surface area contributed by atoms with Gasteiger partial charge in [-0.25, -0.2) is 4.79 Å². The summed E-state index contributed by atoms with van der Waals surface area (Å²) in [6.07, 6.45) is 10.3. The van der Waals surface area contributed by atoms with Crippen LogP contribution in [0.3, 0.4) is 0 Å². The molecule has 1 heterocycles. The first-order valence-corrected chi connectivity index (χ1v) is 12.2. The molecule has 0 spiro atoms. The van der Waals surface area contributed by atoms with Crippen molar-refractivity contribution in [2.75, 3.05) is 0 Å². The highest BCUT2D eigenvalue weighted by atomic mass is 16.5. The molecule has 170 valence electrons. The average Bonchev–Trinajstić information content (AvgIpc) is 3.47. The van der Waals surface area contributed by atoms with Crippen molar-refractivity contribution < 1.29 is 19.4 Å². The van der Waals surface area contributed by atoms with Gasteiger partial charge >= 0.3 is 5.97 Å². The zero-order valence-corrected chi connectivity index (χ0v) is 18.9. The van der Waals surface area contributed by atoms with Crippen molar-refractivity contribution in [3.8, 4) is 5.75 Å². The van der Waals surface area contributed by atoms with Gasteiger partial charge in [-0.15, -0.1) is 0 Å². The van der Waals surface area contributed by atoms with Gasteiger partial charge in [-0.3, -0.25) is 4.79 Å². The molecular formula is C27H33NO4. The molecule has 0 amide bonds. The minimum absolute atomic E-state index is 0.0446. The predicted molar refractivity (Wildman–Crippen MR) is 122 cm³/mol.